The summed E-state index contributed by atoms with van der Waals surface area (Å²) in [4.78, 5) is 31.8. The highest BCUT2D eigenvalue weighted by Crippen LogP contribution is 2.19. The first kappa shape index (κ1) is 21.0. The molecule has 5 nitrogen and oxygen atoms in total. The fraction of sp³-hybridized carbons (Fsp3) is 0.0741. The van der Waals surface area contributed by atoms with E-state index >= 15 is 0 Å². The Labute approximate surface area is 186 Å². The lowest BCUT2D eigenvalue weighted by Gasteiger charge is -2.06. The average molecular weight is 422 g/mol. The second kappa shape index (κ2) is 10.2. The third-order valence-corrected chi connectivity index (χ3v) is 4.85. The number of carbonyl (C=O) groups is 2. The highest BCUT2D eigenvalue weighted by atomic mass is 16.5. The van der Waals surface area contributed by atoms with Crippen molar-refractivity contribution in [3.8, 4) is 5.75 Å². The Morgan fingerprint density at radius 1 is 0.906 bits per heavy atom. The van der Waals surface area contributed by atoms with Crippen LogP contribution >= 0.6 is 0 Å². The SMILES string of the molecule is O=C(/C=C/c1cccc(OCc2ccccn2)c1)CC(=O)/C=C/c1c[nH]c2ccccc12. The number of allylic oxidation sites excluding steroid dienone is 2. The number of ether oxygens (including phenoxy) is 1. The summed E-state index contributed by atoms with van der Waals surface area (Å²) in [5, 5.41) is 1.04. The first-order chi connectivity index (χ1) is 15.7. The number of benzene rings is 2. The molecule has 5 heteroatoms. The number of ketones is 2. The van der Waals surface area contributed by atoms with Gasteiger partial charge in [0.1, 0.15) is 12.4 Å². The van der Waals surface area contributed by atoms with Gasteiger partial charge in [0.05, 0.1) is 12.1 Å². The zero-order chi connectivity index (χ0) is 22.2. The van der Waals surface area contributed by atoms with E-state index in [9.17, 15) is 9.59 Å². The molecule has 2 aromatic heterocycles. The van der Waals surface area contributed by atoms with Crippen LogP contribution in [0.1, 0.15) is 23.2 Å². The standard InChI is InChI=1S/C27H22N2O3/c30-23(17-24(31)14-12-21-18-29-27-10-2-1-9-26(21)27)13-11-20-6-5-8-25(16-20)32-19-22-7-3-4-15-28-22/h1-16,18,29H,17,19H2/b13-11+,14-12+. The lowest BCUT2D eigenvalue weighted by atomic mass is 10.1. The number of nitrogens with one attached hydrogen (secondary N) is 1. The molecule has 0 aliphatic carbocycles. The van der Waals surface area contributed by atoms with E-state index in [0.717, 1.165) is 27.7 Å². The van der Waals surface area contributed by atoms with Crippen molar-refractivity contribution in [3.05, 3.63) is 108 Å². The van der Waals surface area contributed by atoms with Crippen LogP contribution in [0.15, 0.2) is 91.3 Å². The van der Waals surface area contributed by atoms with E-state index in [1.165, 1.54) is 12.2 Å². The molecule has 0 aliphatic rings. The summed E-state index contributed by atoms with van der Waals surface area (Å²) in [6, 6.07) is 20.9. The summed E-state index contributed by atoms with van der Waals surface area (Å²) in [6.45, 7) is 0.365. The molecule has 158 valence electrons. The minimum atomic E-state index is -0.251. The Hall–Kier alpha value is -4.25. The highest BCUT2D eigenvalue weighted by Gasteiger charge is 2.05. The van der Waals surface area contributed by atoms with Crippen LogP contribution in [0.3, 0.4) is 0 Å². The van der Waals surface area contributed by atoms with E-state index < -0.39 is 0 Å². The van der Waals surface area contributed by atoms with Gasteiger partial charge in [-0.1, -0.05) is 42.5 Å². The van der Waals surface area contributed by atoms with E-state index in [4.69, 9.17) is 4.74 Å². The quantitative estimate of drug-likeness (QED) is 0.290. The predicted octanol–water partition coefficient (Wildman–Crippen LogP) is 5.40. The van der Waals surface area contributed by atoms with E-state index in [2.05, 4.69) is 9.97 Å². The third-order valence-electron chi connectivity index (χ3n) is 4.85. The number of fused-ring (bicyclic) bond motifs is 1. The number of hydrogen-bond donors (Lipinski definition) is 1. The van der Waals surface area contributed by atoms with Gasteiger partial charge in [0.25, 0.3) is 0 Å². The van der Waals surface area contributed by atoms with Crippen molar-refractivity contribution >= 4 is 34.6 Å². The molecule has 2 heterocycles. The maximum Gasteiger partial charge on any atom is 0.163 e. The van der Waals surface area contributed by atoms with Gasteiger partial charge in [-0.3, -0.25) is 14.6 Å². The summed E-state index contributed by atoms with van der Waals surface area (Å²) in [5.41, 5.74) is 3.57. The smallest absolute Gasteiger partial charge is 0.163 e. The zero-order valence-electron chi connectivity index (χ0n) is 17.4. The van der Waals surface area contributed by atoms with Gasteiger partial charge in [-0.2, -0.15) is 0 Å². The molecule has 0 saturated carbocycles. The lowest BCUT2D eigenvalue weighted by molar-refractivity contribution is -0.121. The van der Waals surface area contributed by atoms with Crippen molar-refractivity contribution in [2.45, 2.75) is 13.0 Å². The number of H-pyrrole nitrogens is 1. The van der Waals surface area contributed by atoms with E-state index in [-0.39, 0.29) is 18.0 Å². The Kier molecular flexibility index (Phi) is 6.68. The molecule has 0 bridgehead atoms. The maximum absolute atomic E-state index is 12.2. The minimum Gasteiger partial charge on any atom is -0.487 e. The van der Waals surface area contributed by atoms with Crippen molar-refractivity contribution in [1.82, 2.24) is 9.97 Å². The molecule has 0 aliphatic heterocycles. The highest BCUT2D eigenvalue weighted by molar-refractivity contribution is 6.11. The summed E-state index contributed by atoms with van der Waals surface area (Å²) in [5.74, 6) is 0.193. The molecule has 0 unspecified atom stereocenters. The predicted molar refractivity (Wildman–Crippen MR) is 126 cm³/mol. The van der Waals surface area contributed by atoms with Crippen molar-refractivity contribution < 1.29 is 14.3 Å². The molecule has 0 radical (unpaired) electrons. The van der Waals surface area contributed by atoms with Crippen LogP contribution < -0.4 is 4.74 Å². The van der Waals surface area contributed by atoms with Crippen LogP contribution in [-0.2, 0) is 16.2 Å². The van der Waals surface area contributed by atoms with Gasteiger partial charge >= 0.3 is 0 Å². The lowest BCUT2D eigenvalue weighted by Crippen LogP contribution is -2.01. The summed E-state index contributed by atoms with van der Waals surface area (Å²) in [6.07, 6.45) is 9.70. The molecule has 1 N–H and O–H groups in total. The first-order valence-corrected chi connectivity index (χ1v) is 10.3. The molecule has 0 spiro atoms. The van der Waals surface area contributed by atoms with Crippen LogP contribution in [0.2, 0.25) is 0 Å². The Morgan fingerprint density at radius 3 is 2.56 bits per heavy atom. The molecule has 4 rings (SSSR count). The van der Waals surface area contributed by atoms with Crippen molar-refractivity contribution in [1.29, 1.82) is 0 Å². The second-order valence-corrected chi connectivity index (χ2v) is 7.25. The molecule has 2 aromatic carbocycles. The normalized spacial score (nSPS) is 11.4. The van der Waals surface area contributed by atoms with Crippen molar-refractivity contribution in [2.75, 3.05) is 0 Å². The van der Waals surface area contributed by atoms with Gasteiger partial charge in [0, 0.05) is 23.3 Å². The Balaban J connectivity index is 1.31. The largest absolute Gasteiger partial charge is 0.487 e. The summed E-state index contributed by atoms with van der Waals surface area (Å²) >= 11 is 0. The van der Waals surface area contributed by atoms with Gasteiger partial charge in [-0.05, 0) is 59.7 Å². The molecule has 32 heavy (non-hydrogen) atoms. The van der Waals surface area contributed by atoms with Crippen LogP contribution in [0.5, 0.6) is 5.75 Å². The maximum atomic E-state index is 12.2. The number of carbonyl (C=O) groups excluding carboxylic acids is 2. The summed E-state index contributed by atoms with van der Waals surface area (Å²) < 4.78 is 5.75. The number of aromatic amines is 1. The van der Waals surface area contributed by atoms with Gasteiger partial charge in [0.2, 0.25) is 0 Å². The van der Waals surface area contributed by atoms with Gasteiger partial charge in [0.15, 0.2) is 11.6 Å². The first-order valence-electron chi connectivity index (χ1n) is 10.3. The number of hydrogen-bond acceptors (Lipinski definition) is 4. The number of rotatable bonds is 9. The van der Waals surface area contributed by atoms with E-state index in [1.54, 1.807) is 18.3 Å². The fourth-order valence-corrected chi connectivity index (χ4v) is 3.24. The molecule has 0 saturated heterocycles. The summed E-state index contributed by atoms with van der Waals surface area (Å²) in [7, 11) is 0. The topological polar surface area (TPSA) is 72.0 Å². The van der Waals surface area contributed by atoms with Crippen molar-refractivity contribution in [3.63, 3.8) is 0 Å². The van der Waals surface area contributed by atoms with Crippen LogP contribution in [0, 0.1) is 0 Å². The van der Waals surface area contributed by atoms with E-state index in [1.807, 2.05) is 72.9 Å². The van der Waals surface area contributed by atoms with Crippen LogP contribution in [0.4, 0.5) is 0 Å². The van der Waals surface area contributed by atoms with Crippen LogP contribution in [-0.4, -0.2) is 21.5 Å². The second-order valence-electron chi connectivity index (χ2n) is 7.25. The van der Waals surface area contributed by atoms with E-state index in [0.29, 0.717) is 12.4 Å². The molecule has 0 amide bonds. The Morgan fingerprint density at radius 2 is 1.72 bits per heavy atom. The van der Waals surface area contributed by atoms with Gasteiger partial charge < -0.3 is 9.72 Å². The average Bonchev–Trinajstić information content (AvgIpc) is 3.24. The van der Waals surface area contributed by atoms with Crippen molar-refractivity contribution in [2.24, 2.45) is 0 Å². The van der Waals surface area contributed by atoms with Gasteiger partial charge in [-0.15, -0.1) is 0 Å². The van der Waals surface area contributed by atoms with Crippen LogP contribution in [0.25, 0.3) is 23.1 Å². The fourth-order valence-electron chi connectivity index (χ4n) is 3.24. The third kappa shape index (κ3) is 5.67. The molecule has 0 atom stereocenters. The molecule has 0 fully saturated rings. The number of pyridine rings is 1. The molecular formula is C27H22N2O3. The minimum absolute atomic E-state index is 0.175. The number of para-hydroxylation sites is 1. The number of nitrogens with zero attached hydrogens (tertiary/aromatic N) is 1. The number of aromatic nitrogens is 2. The van der Waals surface area contributed by atoms with Gasteiger partial charge in [-0.25, -0.2) is 0 Å². The monoisotopic (exact) mass is 422 g/mol. The zero-order valence-corrected chi connectivity index (χ0v) is 17.4. The molecule has 4 aromatic rings. The Bertz CT molecular complexity index is 1290. The molecular weight excluding hydrogens is 400 g/mol.